The first-order chi connectivity index (χ1) is 4.66. The Labute approximate surface area is 61.6 Å². The maximum Gasteiger partial charge on any atom is 0.303 e. The number of hydrogen-bond donors (Lipinski definition) is 1. The molecule has 2 nitrogen and oxygen atoms in total. The molecule has 0 radical (unpaired) electrons. The number of carbonyl (C=O) groups is 1. The molecule has 0 aromatic carbocycles. The van der Waals surface area contributed by atoms with Crippen molar-refractivity contribution in [1.29, 1.82) is 0 Å². The lowest BCUT2D eigenvalue weighted by atomic mass is 10.2. The van der Waals surface area contributed by atoms with Gasteiger partial charge in [0, 0.05) is 6.42 Å². The first kappa shape index (κ1) is 9.21. The number of hydrogen-bond acceptors (Lipinski definition) is 1. The lowest BCUT2D eigenvalue weighted by Gasteiger charge is -1.92. The van der Waals surface area contributed by atoms with Crippen LogP contribution in [-0.2, 0) is 4.79 Å². The summed E-state index contributed by atoms with van der Waals surface area (Å²) in [6.07, 6.45) is 3.90. The topological polar surface area (TPSA) is 37.3 Å². The van der Waals surface area contributed by atoms with E-state index in [4.69, 9.17) is 5.11 Å². The molecule has 1 N–H and O–H groups in total. The maximum atomic E-state index is 10.0. The van der Waals surface area contributed by atoms with Gasteiger partial charge in [-0.3, -0.25) is 4.79 Å². The van der Waals surface area contributed by atoms with Gasteiger partial charge in [-0.2, -0.15) is 0 Å². The Morgan fingerprint density at radius 2 is 2.20 bits per heavy atom. The van der Waals surface area contributed by atoms with E-state index in [0.29, 0.717) is 6.42 Å². The van der Waals surface area contributed by atoms with Crippen LogP contribution in [0.25, 0.3) is 0 Å². The van der Waals surface area contributed by atoms with Crippen LogP contribution in [0.2, 0.25) is 0 Å². The second-order valence-electron chi connectivity index (χ2n) is 2.34. The van der Waals surface area contributed by atoms with Crippen LogP contribution < -0.4 is 0 Å². The van der Waals surface area contributed by atoms with E-state index in [9.17, 15) is 4.79 Å². The van der Waals surface area contributed by atoms with Gasteiger partial charge in [0.15, 0.2) is 0 Å². The summed E-state index contributed by atoms with van der Waals surface area (Å²) >= 11 is 0. The number of allylic oxidation sites excluding steroid dienone is 2. The van der Waals surface area contributed by atoms with E-state index < -0.39 is 5.97 Å². The van der Waals surface area contributed by atoms with Crippen molar-refractivity contribution in [2.45, 2.75) is 33.1 Å². The Bertz CT molecular complexity index is 136. The highest BCUT2D eigenvalue weighted by atomic mass is 16.4. The molecule has 0 saturated heterocycles. The second kappa shape index (κ2) is 5.03. The van der Waals surface area contributed by atoms with Crippen molar-refractivity contribution in [3.63, 3.8) is 0 Å². The molecule has 10 heavy (non-hydrogen) atoms. The molecule has 0 bridgehead atoms. The number of carboxylic acids is 1. The van der Waals surface area contributed by atoms with Gasteiger partial charge in [0.1, 0.15) is 0 Å². The van der Waals surface area contributed by atoms with Crippen LogP contribution in [0, 0.1) is 0 Å². The van der Waals surface area contributed by atoms with Gasteiger partial charge in [-0.15, -0.1) is 0 Å². The molecular weight excluding hydrogens is 128 g/mol. The molecule has 0 aliphatic heterocycles. The average Bonchev–Trinajstić information content (AvgIpc) is 1.87. The Balaban J connectivity index is 3.43. The van der Waals surface area contributed by atoms with Gasteiger partial charge in [0.05, 0.1) is 0 Å². The van der Waals surface area contributed by atoms with Gasteiger partial charge >= 0.3 is 5.97 Å². The summed E-state index contributed by atoms with van der Waals surface area (Å²) in [5.41, 5.74) is 1.27. The van der Waals surface area contributed by atoms with E-state index in [-0.39, 0.29) is 6.42 Å². The monoisotopic (exact) mass is 142 g/mol. The van der Waals surface area contributed by atoms with E-state index in [1.165, 1.54) is 5.57 Å². The van der Waals surface area contributed by atoms with Crippen LogP contribution in [0.15, 0.2) is 11.6 Å². The molecule has 0 fully saturated rings. The SMILES string of the molecule is CC/C(C)=C\CCC(=O)O. The summed E-state index contributed by atoms with van der Waals surface area (Å²) in [4.78, 5) is 10.0. The number of rotatable bonds is 4. The third-order valence-corrected chi connectivity index (χ3v) is 1.41. The summed E-state index contributed by atoms with van der Waals surface area (Å²) < 4.78 is 0. The fraction of sp³-hybridized carbons (Fsp3) is 0.625. The first-order valence-electron chi connectivity index (χ1n) is 3.54. The molecule has 0 atom stereocenters. The van der Waals surface area contributed by atoms with Gasteiger partial charge in [-0.1, -0.05) is 18.6 Å². The van der Waals surface area contributed by atoms with Crippen LogP contribution >= 0.6 is 0 Å². The lowest BCUT2D eigenvalue weighted by molar-refractivity contribution is -0.136. The number of aliphatic carboxylic acids is 1. The van der Waals surface area contributed by atoms with Crippen molar-refractivity contribution in [3.8, 4) is 0 Å². The minimum absolute atomic E-state index is 0.247. The van der Waals surface area contributed by atoms with E-state index in [0.717, 1.165) is 6.42 Å². The fourth-order valence-corrected chi connectivity index (χ4v) is 0.586. The molecular formula is C8H14O2. The highest BCUT2D eigenvalue weighted by molar-refractivity contribution is 5.66. The maximum absolute atomic E-state index is 10.0. The quantitative estimate of drug-likeness (QED) is 0.611. The zero-order chi connectivity index (χ0) is 7.98. The molecule has 0 amide bonds. The standard InChI is InChI=1S/C8H14O2/c1-3-7(2)5-4-6-8(9)10/h5H,3-4,6H2,1-2H3,(H,9,10)/b7-5-. The summed E-state index contributed by atoms with van der Waals surface area (Å²) in [6.45, 7) is 4.08. The van der Waals surface area contributed by atoms with Crippen LogP contribution in [0.5, 0.6) is 0 Å². The van der Waals surface area contributed by atoms with Crippen molar-refractivity contribution in [3.05, 3.63) is 11.6 Å². The third kappa shape index (κ3) is 5.35. The van der Waals surface area contributed by atoms with E-state index >= 15 is 0 Å². The normalized spacial score (nSPS) is 11.6. The number of carboxylic acid groups (broad SMARTS) is 1. The van der Waals surface area contributed by atoms with Crippen molar-refractivity contribution < 1.29 is 9.90 Å². The van der Waals surface area contributed by atoms with Crippen molar-refractivity contribution in [2.24, 2.45) is 0 Å². The first-order valence-corrected chi connectivity index (χ1v) is 3.54. The molecule has 0 heterocycles. The lowest BCUT2D eigenvalue weighted by Crippen LogP contribution is -1.91. The second-order valence-corrected chi connectivity index (χ2v) is 2.34. The molecule has 2 heteroatoms. The average molecular weight is 142 g/mol. The highest BCUT2D eigenvalue weighted by Gasteiger charge is 1.92. The molecule has 58 valence electrons. The van der Waals surface area contributed by atoms with Crippen LogP contribution in [0.1, 0.15) is 33.1 Å². The molecule has 0 aromatic rings. The Morgan fingerprint density at radius 1 is 1.60 bits per heavy atom. The predicted octanol–water partition coefficient (Wildman–Crippen LogP) is 2.21. The van der Waals surface area contributed by atoms with Crippen molar-refractivity contribution >= 4 is 5.97 Å². The van der Waals surface area contributed by atoms with Gasteiger partial charge < -0.3 is 5.11 Å². The van der Waals surface area contributed by atoms with E-state index in [2.05, 4.69) is 6.92 Å². The molecule has 0 rings (SSSR count). The summed E-state index contributed by atoms with van der Waals surface area (Å²) in [6, 6.07) is 0. The molecule has 0 aliphatic carbocycles. The van der Waals surface area contributed by atoms with Crippen LogP contribution in [0.4, 0.5) is 0 Å². The Morgan fingerprint density at radius 3 is 2.60 bits per heavy atom. The fourth-order valence-electron chi connectivity index (χ4n) is 0.586. The van der Waals surface area contributed by atoms with Gasteiger partial charge in [0.2, 0.25) is 0 Å². The summed E-state index contributed by atoms with van der Waals surface area (Å²) in [7, 11) is 0. The zero-order valence-electron chi connectivity index (χ0n) is 6.55. The van der Waals surface area contributed by atoms with Crippen LogP contribution in [-0.4, -0.2) is 11.1 Å². The molecule has 0 unspecified atom stereocenters. The minimum Gasteiger partial charge on any atom is -0.481 e. The van der Waals surface area contributed by atoms with Gasteiger partial charge in [-0.25, -0.2) is 0 Å². The Hall–Kier alpha value is -0.790. The largest absolute Gasteiger partial charge is 0.481 e. The smallest absolute Gasteiger partial charge is 0.303 e. The molecule has 0 aliphatic rings. The zero-order valence-corrected chi connectivity index (χ0v) is 6.55. The summed E-state index contributed by atoms with van der Waals surface area (Å²) in [5, 5.41) is 8.27. The summed E-state index contributed by atoms with van der Waals surface area (Å²) in [5.74, 6) is -0.722. The van der Waals surface area contributed by atoms with E-state index in [1.54, 1.807) is 0 Å². The Kier molecular flexibility index (Phi) is 4.63. The van der Waals surface area contributed by atoms with Crippen molar-refractivity contribution in [2.75, 3.05) is 0 Å². The van der Waals surface area contributed by atoms with E-state index in [1.807, 2.05) is 13.0 Å². The molecule has 0 aromatic heterocycles. The van der Waals surface area contributed by atoms with Gasteiger partial charge in [0.25, 0.3) is 0 Å². The van der Waals surface area contributed by atoms with Crippen molar-refractivity contribution in [1.82, 2.24) is 0 Å². The highest BCUT2D eigenvalue weighted by Crippen LogP contribution is 2.01. The third-order valence-electron chi connectivity index (χ3n) is 1.41. The predicted molar refractivity (Wildman–Crippen MR) is 40.9 cm³/mol. The molecule has 0 spiro atoms. The van der Waals surface area contributed by atoms with Gasteiger partial charge in [-0.05, 0) is 19.8 Å². The minimum atomic E-state index is -0.722. The van der Waals surface area contributed by atoms with Crippen LogP contribution in [0.3, 0.4) is 0 Å². The molecule has 0 saturated carbocycles.